The number of benzene rings is 3. The van der Waals surface area contributed by atoms with E-state index in [1.165, 1.54) is 0 Å². The standard InChI is InChI=1S/C30H33BN2O2/c1-22-27(31-34-28(3,4)29(5,6)35-31)23(2)33(32-22)30(24-16-10-7-11-17-24,25-18-12-8-13-19-25)26-20-14-9-15-21-26/h7-21H,1-6H3. The minimum absolute atomic E-state index is 0.423. The van der Waals surface area contributed by atoms with Gasteiger partial charge >= 0.3 is 7.12 Å². The van der Waals surface area contributed by atoms with Gasteiger partial charge in [-0.1, -0.05) is 91.0 Å². The maximum atomic E-state index is 6.48. The lowest BCUT2D eigenvalue weighted by atomic mass is 9.75. The molecule has 0 amide bonds. The van der Waals surface area contributed by atoms with E-state index in [0.717, 1.165) is 33.5 Å². The summed E-state index contributed by atoms with van der Waals surface area (Å²) in [4.78, 5) is 0. The van der Waals surface area contributed by atoms with Crippen LogP contribution in [0.4, 0.5) is 0 Å². The first-order valence-electron chi connectivity index (χ1n) is 12.3. The van der Waals surface area contributed by atoms with Crippen LogP contribution in [-0.2, 0) is 14.8 Å². The lowest BCUT2D eigenvalue weighted by Crippen LogP contribution is -2.41. The van der Waals surface area contributed by atoms with Gasteiger partial charge in [0.05, 0.1) is 16.9 Å². The largest absolute Gasteiger partial charge is 0.498 e. The van der Waals surface area contributed by atoms with Crippen molar-refractivity contribution in [3.63, 3.8) is 0 Å². The van der Waals surface area contributed by atoms with E-state index in [1.54, 1.807) is 0 Å². The van der Waals surface area contributed by atoms with Crippen molar-refractivity contribution in [1.82, 2.24) is 9.78 Å². The number of rotatable bonds is 5. The summed E-state index contributed by atoms with van der Waals surface area (Å²) in [6.07, 6.45) is 0. The van der Waals surface area contributed by atoms with Crippen molar-refractivity contribution in [2.45, 2.75) is 58.3 Å². The van der Waals surface area contributed by atoms with Crippen LogP contribution in [0.5, 0.6) is 0 Å². The molecule has 0 aliphatic carbocycles. The molecule has 0 atom stereocenters. The Morgan fingerprint density at radius 3 is 1.40 bits per heavy atom. The van der Waals surface area contributed by atoms with E-state index in [-0.39, 0.29) is 0 Å². The molecule has 4 nitrogen and oxygen atoms in total. The van der Waals surface area contributed by atoms with Gasteiger partial charge in [0, 0.05) is 11.2 Å². The summed E-state index contributed by atoms with van der Waals surface area (Å²) in [5.74, 6) is 0. The van der Waals surface area contributed by atoms with Crippen molar-refractivity contribution in [2.75, 3.05) is 0 Å². The quantitative estimate of drug-likeness (QED) is 0.283. The summed E-state index contributed by atoms with van der Waals surface area (Å²) in [6, 6.07) is 31.8. The van der Waals surface area contributed by atoms with Crippen molar-refractivity contribution >= 4 is 12.6 Å². The van der Waals surface area contributed by atoms with Crippen LogP contribution in [0, 0.1) is 13.8 Å². The Hall–Kier alpha value is -3.15. The third-order valence-corrected chi connectivity index (χ3v) is 7.73. The molecule has 1 saturated heterocycles. The van der Waals surface area contributed by atoms with Crippen molar-refractivity contribution < 1.29 is 9.31 Å². The van der Waals surface area contributed by atoms with Crippen LogP contribution in [0.3, 0.4) is 0 Å². The third-order valence-electron chi connectivity index (χ3n) is 7.73. The molecule has 1 aromatic heterocycles. The molecule has 5 rings (SSSR count). The van der Waals surface area contributed by atoms with Gasteiger partial charge in [0.1, 0.15) is 5.54 Å². The van der Waals surface area contributed by atoms with Gasteiger partial charge in [0.25, 0.3) is 0 Å². The van der Waals surface area contributed by atoms with Gasteiger partial charge in [0.2, 0.25) is 0 Å². The van der Waals surface area contributed by atoms with E-state index in [0.29, 0.717) is 0 Å². The van der Waals surface area contributed by atoms with Crippen molar-refractivity contribution in [3.8, 4) is 0 Å². The Balaban J connectivity index is 1.81. The SMILES string of the molecule is Cc1nn(C(c2ccccc2)(c2ccccc2)c2ccccc2)c(C)c1B1OC(C)(C)C(C)(C)O1. The fraction of sp³-hybridized carbons (Fsp3) is 0.300. The molecule has 1 aliphatic heterocycles. The van der Waals surface area contributed by atoms with E-state index in [2.05, 4.69) is 137 Å². The summed E-state index contributed by atoms with van der Waals surface area (Å²) in [5.41, 5.74) is 4.85. The lowest BCUT2D eigenvalue weighted by Gasteiger charge is -2.37. The topological polar surface area (TPSA) is 36.3 Å². The molecule has 178 valence electrons. The fourth-order valence-corrected chi connectivity index (χ4v) is 5.19. The Morgan fingerprint density at radius 1 is 0.657 bits per heavy atom. The monoisotopic (exact) mass is 464 g/mol. The van der Waals surface area contributed by atoms with Gasteiger partial charge in [-0.3, -0.25) is 4.68 Å². The predicted octanol–water partition coefficient (Wildman–Crippen LogP) is 5.64. The second-order valence-corrected chi connectivity index (χ2v) is 10.4. The van der Waals surface area contributed by atoms with Crippen molar-refractivity contribution in [2.24, 2.45) is 0 Å². The summed E-state index contributed by atoms with van der Waals surface area (Å²) >= 11 is 0. The predicted molar refractivity (Wildman–Crippen MR) is 142 cm³/mol. The van der Waals surface area contributed by atoms with Gasteiger partial charge < -0.3 is 9.31 Å². The van der Waals surface area contributed by atoms with E-state index in [9.17, 15) is 0 Å². The molecule has 1 aliphatic rings. The highest BCUT2D eigenvalue weighted by molar-refractivity contribution is 6.63. The number of aryl methyl sites for hydroxylation is 1. The molecule has 0 spiro atoms. The van der Waals surface area contributed by atoms with Crippen LogP contribution >= 0.6 is 0 Å². The Morgan fingerprint density at radius 2 is 1.03 bits per heavy atom. The zero-order valence-corrected chi connectivity index (χ0v) is 21.4. The Labute approximate surface area is 209 Å². The highest BCUT2D eigenvalue weighted by atomic mass is 16.7. The van der Waals surface area contributed by atoms with E-state index in [1.807, 2.05) is 0 Å². The zero-order valence-electron chi connectivity index (χ0n) is 21.4. The highest BCUT2D eigenvalue weighted by Gasteiger charge is 2.54. The van der Waals surface area contributed by atoms with Crippen LogP contribution in [0.25, 0.3) is 0 Å². The molecule has 0 saturated carbocycles. The molecule has 1 fully saturated rings. The van der Waals surface area contributed by atoms with Crippen LogP contribution in [0.2, 0.25) is 0 Å². The van der Waals surface area contributed by atoms with E-state index >= 15 is 0 Å². The second-order valence-electron chi connectivity index (χ2n) is 10.4. The number of aromatic nitrogens is 2. The van der Waals surface area contributed by atoms with Crippen molar-refractivity contribution in [3.05, 3.63) is 119 Å². The minimum atomic E-state index is -0.666. The zero-order chi connectivity index (χ0) is 24.8. The number of hydrogen-bond donors (Lipinski definition) is 0. The molecular formula is C30H33BN2O2. The molecule has 0 bridgehead atoms. The summed E-state index contributed by atoms with van der Waals surface area (Å²) < 4.78 is 15.1. The third kappa shape index (κ3) is 3.65. The van der Waals surface area contributed by atoms with E-state index < -0.39 is 23.9 Å². The molecule has 0 radical (unpaired) electrons. The van der Waals surface area contributed by atoms with Crippen LogP contribution in [-0.4, -0.2) is 28.1 Å². The van der Waals surface area contributed by atoms with Crippen molar-refractivity contribution in [1.29, 1.82) is 0 Å². The van der Waals surface area contributed by atoms with Gasteiger partial charge in [0.15, 0.2) is 0 Å². The van der Waals surface area contributed by atoms with Crippen LogP contribution < -0.4 is 5.46 Å². The average molecular weight is 464 g/mol. The molecular weight excluding hydrogens is 431 g/mol. The average Bonchev–Trinajstić information content (AvgIpc) is 3.26. The van der Waals surface area contributed by atoms with Crippen LogP contribution in [0.15, 0.2) is 91.0 Å². The first kappa shape index (κ1) is 23.6. The van der Waals surface area contributed by atoms with Gasteiger partial charge in [-0.25, -0.2) is 0 Å². The van der Waals surface area contributed by atoms with Crippen LogP contribution in [0.1, 0.15) is 55.8 Å². The van der Waals surface area contributed by atoms with Gasteiger partial charge in [-0.05, 0) is 58.2 Å². The summed E-state index contributed by atoms with van der Waals surface area (Å²) in [5, 5.41) is 5.21. The molecule has 35 heavy (non-hydrogen) atoms. The first-order valence-corrected chi connectivity index (χ1v) is 12.3. The van der Waals surface area contributed by atoms with E-state index in [4.69, 9.17) is 14.4 Å². The fourth-order valence-electron chi connectivity index (χ4n) is 5.19. The smallest absolute Gasteiger partial charge is 0.399 e. The van der Waals surface area contributed by atoms with Gasteiger partial charge in [-0.2, -0.15) is 5.10 Å². The normalized spacial score (nSPS) is 17.0. The van der Waals surface area contributed by atoms with Gasteiger partial charge in [-0.15, -0.1) is 0 Å². The lowest BCUT2D eigenvalue weighted by molar-refractivity contribution is 0.00578. The maximum absolute atomic E-state index is 6.48. The molecule has 4 aromatic rings. The summed E-state index contributed by atoms with van der Waals surface area (Å²) in [6.45, 7) is 12.5. The molecule has 0 N–H and O–H groups in total. The second kappa shape index (κ2) is 8.51. The highest BCUT2D eigenvalue weighted by Crippen LogP contribution is 2.42. The molecule has 3 aromatic carbocycles. The molecule has 5 heteroatoms. The number of nitrogens with zero attached hydrogens (tertiary/aromatic N) is 2. The molecule has 2 heterocycles. The first-order chi connectivity index (χ1) is 16.7. The molecule has 0 unspecified atom stereocenters. The summed E-state index contributed by atoms with van der Waals surface area (Å²) in [7, 11) is -0.478. The Bertz CT molecular complexity index is 1200. The maximum Gasteiger partial charge on any atom is 0.498 e. The number of hydrogen-bond acceptors (Lipinski definition) is 3. The minimum Gasteiger partial charge on any atom is -0.399 e. The Kier molecular flexibility index (Phi) is 5.73.